The molecule has 1 saturated heterocycles. The van der Waals surface area contributed by atoms with Crippen LogP contribution < -0.4 is 5.73 Å². The summed E-state index contributed by atoms with van der Waals surface area (Å²) in [7, 11) is 0. The molecule has 23 heavy (non-hydrogen) atoms. The number of aryl methyl sites for hydroxylation is 1. The van der Waals surface area contributed by atoms with Crippen LogP contribution in [0, 0.1) is 0 Å². The second-order valence-corrected chi connectivity index (χ2v) is 6.46. The Kier molecular flexibility index (Phi) is 7.05. The number of hydrogen-bond donors (Lipinski definition) is 1. The van der Waals surface area contributed by atoms with Gasteiger partial charge in [-0.25, -0.2) is 0 Å². The predicted octanol–water partition coefficient (Wildman–Crippen LogP) is 1.45. The topological polar surface area (TPSA) is 67.4 Å². The molecule has 1 aromatic heterocycles. The molecule has 1 aliphatic rings. The molecule has 0 aliphatic carbocycles. The lowest BCUT2D eigenvalue weighted by Gasteiger charge is -2.24. The molecule has 1 amide bonds. The largest absolute Gasteiger partial charge is 0.340 e. The smallest absolute Gasteiger partial charge is 0.239 e. The summed E-state index contributed by atoms with van der Waals surface area (Å²) < 4.78 is 2.01. The molecular formula is C17H31N5O. The van der Waals surface area contributed by atoms with Gasteiger partial charge in [-0.1, -0.05) is 20.3 Å². The first-order valence-corrected chi connectivity index (χ1v) is 8.92. The molecule has 1 unspecified atom stereocenters. The second-order valence-electron chi connectivity index (χ2n) is 6.46. The molecule has 1 aromatic rings. The van der Waals surface area contributed by atoms with Crippen LogP contribution in [0.4, 0.5) is 0 Å². The Morgan fingerprint density at radius 1 is 1.26 bits per heavy atom. The van der Waals surface area contributed by atoms with E-state index < -0.39 is 0 Å². The molecular weight excluding hydrogens is 290 g/mol. The van der Waals surface area contributed by atoms with Crippen LogP contribution in [0.25, 0.3) is 0 Å². The number of nitrogens with two attached hydrogens (primary N) is 1. The monoisotopic (exact) mass is 321 g/mol. The highest BCUT2D eigenvalue weighted by molar-refractivity contribution is 5.81. The van der Waals surface area contributed by atoms with Gasteiger partial charge in [0.1, 0.15) is 0 Å². The van der Waals surface area contributed by atoms with Crippen LogP contribution >= 0.6 is 0 Å². The van der Waals surface area contributed by atoms with Crippen LogP contribution in [0.5, 0.6) is 0 Å². The van der Waals surface area contributed by atoms with E-state index in [2.05, 4.69) is 30.0 Å². The van der Waals surface area contributed by atoms with Gasteiger partial charge in [0.15, 0.2) is 0 Å². The van der Waals surface area contributed by atoms with Gasteiger partial charge in [-0.15, -0.1) is 0 Å². The Morgan fingerprint density at radius 2 is 2.09 bits per heavy atom. The van der Waals surface area contributed by atoms with Gasteiger partial charge in [-0.2, -0.15) is 5.10 Å². The first-order valence-electron chi connectivity index (χ1n) is 8.92. The van der Waals surface area contributed by atoms with Crippen molar-refractivity contribution in [2.75, 3.05) is 26.2 Å². The third-order valence-electron chi connectivity index (χ3n) is 4.36. The van der Waals surface area contributed by atoms with E-state index in [4.69, 9.17) is 5.73 Å². The van der Waals surface area contributed by atoms with Crippen LogP contribution in [-0.2, 0) is 17.9 Å². The van der Waals surface area contributed by atoms with Crippen molar-refractivity contribution in [3.8, 4) is 0 Å². The lowest BCUT2D eigenvalue weighted by atomic mass is 10.1. The average Bonchev–Trinajstić information content (AvgIpc) is 2.83. The SMILES string of the molecule is CCCC(N)C(=O)N1CCCN(Cc2cnn(CCC)c2)CC1. The Hall–Kier alpha value is -1.40. The highest BCUT2D eigenvalue weighted by atomic mass is 16.2. The van der Waals surface area contributed by atoms with E-state index >= 15 is 0 Å². The minimum atomic E-state index is -0.334. The van der Waals surface area contributed by atoms with Crippen molar-refractivity contribution in [3.63, 3.8) is 0 Å². The molecule has 0 saturated carbocycles. The van der Waals surface area contributed by atoms with Crippen LogP contribution in [-0.4, -0.2) is 57.7 Å². The van der Waals surface area contributed by atoms with Gasteiger partial charge >= 0.3 is 0 Å². The molecule has 0 spiro atoms. The number of aromatic nitrogens is 2. The van der Waals surface area contributed by atoms with Gasteiger partial charge in [-0.05, 0) is 19.3 Å². The molecule has 2 rings (SSSR count). The quantitative estimate of drug-likeness (QED) is 0.825. The van der Waals surface area contributed by atoms with E-state index in [9.17, 15) is 4.79 Å². The summed E-state index contributed by atoms with van der Waals surface area (Å²) in [6.07, 6.45) is 7.92. The van der Waals surface area contributed by atoms with Crippen molar-refractivity contribution in [1.82, 2.24) is 19.6 Å². The Morgan fingerprint density at radius 3 is 2.83 bits per heavy atom. The standard InChI is InChI=1S/C17H31N5O/c1-3-6-16(18)17(23)21-9-5-8-20(10-11-21)13-15-12-19-22(14-15)7-4-2/h12,14,16H,3-11,13,18H2,1-2H3. The molecule has 0 bridgehead atoms. The number of nitrogens with zero attached hydrogens (tertiary/aromatic N) is 4. The Balaban J connectivity index is 1.84. The molecule has 1 atom stereocenters. The summed E-state index contributed by atoms with van der Waals surface area (Å²) in [4.78, 5) is 16.7. The van der Waals surface area contributed by atoms with Crippen LogP contribution in [0.2, 0.25) is 0 Å². The number of carbonyl (C=O) groups is 1. The van der Waals surface area contributed by atoms with Gasteiger partial charge in [0, 0.05) is 51.0 Å². The highest BCUT2D eigenvalue weighted by Crippen LogP contribution is 2.10. The Labute approximate surface area is 139 Å². The summed E-state index contributed by atoms with van der Waals surface area (Å²) in [6.45, 7) is 9.63. The number of carbonyl (C=O) groups excluding carboxylic acids is 1. The van der Waals surface area contributed by atoms with Crippen molar-refractivity contribution in [2.45, 2.75) is 58.7 Å². The molecule has 6 heteroatoms. The minimum Gasteiger partial charge on any atom is -0.340 e. The maximum Gasteiger partial charge on any atom is 0.239 e. The van der Waals surface area contributed by atoms with Gasteiger partial charge in [-0.3, -0.25) is 14.4 Å². The normalized spacial score (nSPS) is 18.0. The first kappa shape index (κ1) is 17.9. The lowest BCUT2D eigenvalue weighted by molar-refractivity contribution is -0.132. The minimum absolute atomic E-state index is 0.115. The van der Waals surface area contributed by atoms with Gasteiger partial charge in [0.2, 0.25) is 5.91 Å². The zero-order chi connectivity index (χ0) is 16.7. The van der Waals surface area contributed by atoms with Crippen LogP contribution in [0.3, 0.4) is 0 Å². The summed E-state index contributed by atoms with van der Waals surface area (Å²) in [5.41, 5.74) is 7.23. The summed E-state index contributed by atoms with van der Waals surface area (Å²) in [5, 5.41) is 4.39. The van der Waals surface area contributed by atoms with Crippen molar-refractivity contribution in [3.05, 3.63) is 18.0 Å². The summed E-state index contributed by atoms with van der Waals surface area (Å²) in [6, 6.07) is -0.334. The van der Waals surface area contributed by atoms with Crippen molar-refractivity contribution in [1.29, 1.82) is 0 Å². The molecule has 2 N–H and O–H groups in total. The molecule has 0 aromatic carbocycles. The zero-order valence-corrected chi connectivity index (χ0v) is 14.6. The number of amides is 1. The van der Waals surface area contributed by atoms with Crippen LogP contribution in [0.15, 0.2) is 12.4 Å². The van der Waals surface area contributed by atoms with Gasteiger partial charge in [0.05, 0.1) is 12.2 Å². The highest BCUT2D eigenvalue weighted by Gasteiger charge is 2.23. The van der Waals surface area contributed by atoms with Crippen LogP contribution in [0.1, 0.15) is 45.1 Å². The maximum atomic E-state index is 12.4. The zero-order valence-electron chi connectivity index (χ0n) is 14.6. The number of rotatable bonds is 7. The molecule has 1 aliphatic heterocycles. The summed E-state index contributed by atoms with van der Waals surface area (Å²) in [5.74, 6) is 0.115. The first-order chi connectivity index (χ1) is 11.1. The molecule has 130 valence electrons. The predicted molar refractivity (Wildman–Crippen MR) is 91.9 cm³/mol. The average molecular weight is 321 g/mol. The van der Waals surface area contributed by atoms with E-state index in [-0.39, 0.29) is 11.9 Å². The molecule has 2 heterocycles. The Bertz CT molecular complexity index is 487. The fourth-order valence-corrected chi connectivity index (χ4v) is 3.12. The third kappa shape index (κ3) is 5.32. The molecule has 0 radical (unpaired) electrons. The second kappa shape index (κ2) is 9.03. The fourth-order valence-electron chi connectivity index (χ4n) is 3.12. The van der Waals surface area contributed by atoms with E-state index in [1.807, 2.05) is 15.8 Å². The molecule has 1 fully saturated rings. The van der Waals surface area contributed by atoms with Gasteiger partial charge < -0.3 is 10.6 Å². The maximum absolute atomic E-state index is 12.4. The fraction of sp³-hybridized carbons (Fsp3) is 0.765. The number of hydrogen-bond acceptors (Lipinski definition) is 4. The van der Waals surface area contributed by atoms with Crippen molar-refractivity contribution < 1.29 is 4.79 Å². The van der Waals surface area contributed by atoms with E-state index in [1.54, 1.807) is 0 Å². The summed E-state index contributed by atoms with van der Waals surface area (Å²) >= 11 is 0. The van der Waals surface area contributed by atoms with E-state index in [1.165, 1.54) is 5.56 Å². The van der Waals surface area contributed by atoms with Crippen molar-refractivity contribution >= 4 is 5.91 Å². The molecule has 6 nitrogen and oxygen atoms in total. The van der Waals surface area contributed by atoms with E-state index in [0.717, 1.165) is 65.0 Å². The van der Waals surface area contributed by atoms with Gasteiger partial charge in [0.25, 0.3) is 0 Å². The third-order valence-corrected chi connectivity index (χ3v) is 4.36. The van der Waals surface area contributed by atoms with Crippen molar-refractivity contribution in [2.24, 2.45) is 5.73 Å². The lowest BCUT2D eigenvalue weighted by Crippen LogP contribution is -2.45. The van der Waals surface area contributed by atoms with E-state index in [0.29, 0.717) is 0 Å².